The maximum absolute atomic E-state index is 12.4. The number of nitrogens with zero attached hydrogens (tertiary/aromatic N) is 2. The summed E-state index contributed by atoms with van der Waals surface area (Å²) in [5, 5.41) is 12.7. The molecule has 0 radical (unpaired) electrons. The molecule has 2 fully saturated rings. The average Bonchev–Trinajstić information content (AvgIpc) is 2.56. The molecule has 2 aliphatic heterocycles. The second-order valence-electron chi connectivity index (χ2n) is 5.83. The van der Waals surface area contributed by atoms with E-state index in [4.69, 9.17) is 4.74 Å². The zero-order valence-corrected chi connectivity index (χ0v) is 15.2. The van der Waals surface area contributed by atoms with Crippen LogP contribution in [0.1, 0.15) is 5.56 Å². The number of hydrogen-bond donors (Lipinski definition) is 2. The number of nitrogens with one attached hydrogen (secondary N) is 1. The van der Waals surface area contributed by atoms with Crippen LogP contribution in [0.15, 0.2) is 24.3 Å². The zero-order chi connectivity index (χ0) is 15.4. The van der Waals surface area contributed by atoms with Gasteiger partial charge in [0.1, 0.15) is 11.9 Å². The van der Waals surface area contributed by atoms with E-state index in [2.05, 4.69) is 10.2 Å². The van der Waals surface area contributed by atoms with E-state index in [-0.39, 0.29) is 36.8 Å². The normalized spacial score (nSPS) is 21.5. The number of aromatic hydroxyl groups is 1. The molecule has 0 saturated carbocycles. The van der Waals surface area contributed by atoms with Crippen molar-refractivity contribution >= 4 is 30.7 Å². The van der Waals surface area contributed by atoms with Crippen molar-refractivity contribution in [3.05, 3.63) is 29.8 Å². The van der Waals surface area contributed by atoms with E-state index in [1.54, 1.807) is 12.1 Å². The summed E-state index contributed by atoms with van der Waals surface area (Å²) in [5.41, 5.74) is 1.10. The van der Waals surface area contributed by atoms with Crippen LogP contribution in [0.5, 0.6) is 5.75 Å². The molecule has 0 aliphatic carbocycles. The van der Waals surface area contributed by atoms with Gasteiger partial charge in [0.25, 0.3) is 5.91 Å². The summed E-state index contributed by atoms with van der Waals surface area (Å²) in [6, 6.07) is 7.34. The number of piperazine rings is 1. The first-order valence-corrected chi connectivity index (χ1v) is 7.84. The monoisotopic (exact) mass is 377 g/mol. The Labute approximate surface area is 155 Å². The number of rotatable bonds is 3. The molecule has 1 aromatic carbocycles. The van der Waals surface area contributed by atoms with Crippen molar-refractivity contribution in [2.75, 3.05) is 45.9 Å². The Kier molecular flexibility index (Phi) is 8.80. The highest BCUT2D eigenvalue weighted by molar-refractivity contribution is 5.85. The van der Waals surface area contributed by atoms with E-state index in [1.165, 1.54) is 0 Å². The number of morpholine rings is 1. The maximum atomic E-state index is 12.4. The second kappa shape index (κ2) is 10.1. The first-order valence-electron chi connectivity index (χ1n) is 7.84. The van der Waals surface area contributed by atoms with E-state index >= 15 is 0 Å². The Morgan fingerprint density at radius 3 is 2.62 bits per heavy atom. The number of carbonyl (C=O) groups excluding carboxylic acids is 1. The van der Waals surface area contributed by atoms with Crippen molar-refractivity contribution in [3.63, 3.8) is 0 Å². The lowest BCUT2D eigenvalue weighted by Gasteiger charge is -2.37. The highest BCUT2D eigenvalue weighted by Crippen LogP contribution is 2.15. The van der Waals surface area contributed by atoms with E-state index in [0.29, 0.717) is 18.9 Å². The number of ether oxygens (including phenoxy) is 1. The fourth-order valence-electron chi connectivity index (χ4n) is 2.97. The minimum absolute atomic E-state index is 0. The quantitative estimate of drug-likeness (QED) is 0.817. The van der Waals surface area contributed by atoms with Crippen LogP contribution in [0.25, 0.3) is 0 Å². The molecule has 1 unspecified atom stereocenters. The molecule has 6 nitrogen and oxygen atoms in total. The van der Waals surface area contributed by atoms with E-state index in [0.717, 1.165) is 44.8 Å². The van der Waals surface area contributed by atoms with Crippen LogP contribution in [-0.4, -0.2) is 72.8 Å². The van der Waals surface area contributed by atoms with Crippen molar-refractivity contribution in [2.24, 2.45) is 0 Å². The molecule has 136 valence electrons. The number of benzene rings is 1. The molecular weight excluding hydrogens is 353 g/mol. The molecule has 8 heteroatoms. The Balaban J connectivity index is 0.00000144. The van der Waals surface area contributed by atoms with Gasteiger partial charge in [-0.3, -0.25) is 9.69 Å². The fourth-order valence-corrected chi connectivity index (χ4v) is 2.97. The lowest BCUT2D eigenvalue weighted by atomic mass is 10.1. The Morgan fingerprint density at radius 2 is 2.00 bits per heavy atom. The van der Waals surface area contributed by atoms with E-state index in [9.17, 15) is 9.90 Å². The second-order valence-corrected chi connectivity index (χ2v) is 5.83. The third-order valence-corrected chi connectivity index (χ3v) is 4.20. The van der Waals surface area contributed by atoms with Crippen molar-refractivity contribution in [1.29, 1.82) is 0 Å². The molecule has 2 aliphatic rings. The highest BCUT2D eigenvalue weighted by atomic mass is 35.5. The van der Waals surface area contributed by atoms with Gasteiger partial charge in [-0.2, -0.15) is 0 Å². The summed E-state index contributed by atoms with van der Waals surface area (Å²) in [5.74, 6) is 0.400. The average molecular weight is 378 g/mol. The van der Waals surface area contributed by atoms with Crippen LogP contribution < -0.4 is 5.32 Å². The first-order chi connectivity index (χ1) is 10.7. The number of phenols is 1. The van der Waals surface area contributed by atoms with Gasteiger partial charge in [-0.1, -0.05) is 12.1 Å². The summed E-state index contributed by atoms with van der Waals surface area (Å²) in [7, 11) is 0. The summed E-state index contributed by atoms with van der Waals surface area (Å²) >= 11 is 0. The molecule has 1 atom stereocenters. The number of amides is 1. The maximum Gasteiger partial charge on any atom is 0.253 e. The molecule has 0 aromatic heterocycles. The molecule has 24 heavy (non-hydrogen) atoms. The van der Waals surface area contributed by atoms with Crippen LogP contribution in [0.4, 0.5) is 0 Å². The van der Waals surface area contributed by atoms with Crippen molar-refractivity contribution in [1.82, 2.24) is 15.1 Å². The Morgan fingerprint density at radius 1 is 1.25 bits per heavy atom. The predicted molar refractivity (Wildman–Crippen MR) is 97.1 cm³/mol. The number of phenolic OH excluding ortho intramolecular Hbond substituents is 1. The SMILES string of the molecule is Cl.Cl.O=C(C1CNCCO1)N1CCN(Cc2cccc(O)c2)CC1. The summed E-state index contributed by atoms with van der Waals surface area (Å²) in [4.78, 5) is 16.6. The minimum atomic E-state index is -0.327. The first kappa shape index (κ1) is 21.0. The fraction of sp³-hybridized carbons (Fsp3) is 0.562. The van der Waals surface area contributed by atoms with Gasteiger partial charge in [0.05, 0.1) is 6.61 Å². The van der Waals surface area contributed by atoms with Crippen molar-refractivity contribution in [3.8, 4) is 5.75 Å². The molecule has 0 bridgehead atoms. The third-order valence-electron chi connectivity index (χ3n) is 4.20. The van der Waals surface area contributed by atoms with Crippen molar-refractivity contribution in [2.45, 2.75) is 12.6 Å². The largest absolute Gasteiger partial charge is 0.508 e. The molecule has 2 heterocycles. The summed E-state index contributed by atoms with van der Waals surface area (Å²) in [6.45, 7) is 6.01. The van der Waals surface area contributed by atoms with Gasteiger partial charge >= 0.3 is 0 Å². The number of hydrogen-bond acceptors (Lipinski definition) is 5. The van der Waals surface area contributed by atoms with Gasteiger partial charge in [0, 0.05) is 45.8 Å². The molecule has 1 aromatic rings. The van der Waals surface area contributed by atoms with Gasteiger partial charge < -0.3 is 20.1 Å². The highest BCUT2D eigenvalue weighted by Gasteiger charge is 2.29. The van der Waals surface area contributed by atoms with Crippen LogP contribution >= 0.6 is 24.8 Å². The topological polar surface area (TPSA) is 65.0 Å². The Hall–Kier alpha value is -1.05. The zero-order valence-electron chi connectivity index (χ0n) is 13.5. The van der Waals surface area contributed by atoms with Gasteiger partial charge in [0.15, 0.2) is 0 Å². The molecule has 1 amide bonds. The molecular formula is C16H25Cl2N3O3. The van der Waals surface area contributed by atoms with E-state index < -0.39 is 0 Å². The third kappa shape index (κ3) is 5.50. The predicted octanol–water partition coefficient (Wildman–Crippen LogP) is 0.868. The standard InChI is InChI=1S/C16H23N3O3.2ClH/c20-14-3-1-2-13(10-14)12-18-5-7-19(8-6-18)16(21)15-11-17-4-9-22-15;;/h1-3,10,15,17,20H,4-9,11-12H2;2*1H. The van der Waals surface area contributed by atoms with Crippen LogP contribution in [0.3, 0.4) is 0 Å². The molecule has 2 saturated heterocycles. The molecule has 0 spiro atoms. The molecule has 3 rings (SSSR count). The number of carbonyl (C=O) groups is 1. The van der Waals surface area contributed by atoms with Crippen LogP contribution in [0, 0.1) is 0 Å². The van der Waals surface area contributed by atoms with Gasteiger partial charge in [-0.15, -0.1) is 24.8 Å². The lowest BCUT2D eigenvalue weighted by Crippen LogP contribution is -2.54. The number of halogens is 2. The lowest BCUT2D eigenvalue weighted by molar-refractivity contribution is -0.147. The van der Waals surface area contributed by atoms with Gasteiger partial charge in [0.2, 0.25) is 0 Å². The minimum Gasteiger partial charge on any atom is -0.508 e. The van der Waals surface area contributed by atoms with Gasteiger partial charge in [-0.05, 0) is 17.7 Å². The van der Waals surface area contributed by atoms with Crippen molar-refractivity contribution < 1.29 is 14.6 Å². The summed E-state index contributed by atoms with van der Waals surface area (Å²) < 4.78 is 5.53. The van der Waals surface area contributed by atoms with Gasteiger partial charge in [-0.25, -0.2) is 0 Å². The summed E-state index contributed by atoms with van der Waals surface area (Å²) in [6.07, 6.45) is -0.327. The smallest absolute Gasteiger partial charge is 0.253 e. The molecule has 2 N–H and O–H groups in total. The van der Waals surface area contributed by atoms with Crippen LogP contribution in [0.2, 0.25) is 0 Å². The Bertz CT molecular complexity index is 519. The van der Waals surface area contributed by atoms with E-state index in [1.807, 2.05) is 17.0 Å². The van der Waals surface area contributed by atoms with Crippen LogP contribution in [-0.2, 0) is 16.1 Å².